The van der Waals surface area contributed by atoms with E-state index in [9.17, 15) is 14.4 Å². The molecule has 1 spiro atoms. The molecular formula is C23H21N3O4. The lowest BCUT2D eigenvalue weighted by atomic mass is 9.85. The normalized spacial score (nSPS) is 25.8. The van der Waals surface area contributed by atoms with Crippen LogP contribution in [0.25, 0.3) is 0 Å². The van der Waals surface area contributed by atoms with Gasteiger partial charge in [-0.15, -0.1) is 0 Å². The predicted octanol–water partition coefficient (Wildman–Crippen LogP) is 2.09. The van der Waals surface area contributed by atoms with Crippen molar-refractivity contribution in [1.29, 1.82) is 0 Å². The first-order valence-electron chi connectivity index (χ1n) is 10.4. The largest absolute Gasteiger partial charge is 0.449 e. The Morgan fingerprint density at radius 1 is 1.10 bits per heavy atom. The SMILES string of the molecule is O=C1OC2(CCNC2)c2ccnc(C(=O)C3(c4ccc(N5CCC5=O)cc4)CC3)c21. The maximum atomic E-state index is 13.6. The molecule has 1 amide bonds. The molecule has 7 heteroatoms. The Balaban J connectivity index is 1.36. The highest BCUT2D eigenvalue weighted by atomic mass is 16.6. The lowest BCUT2D eigenvalue weighted by Gasteiger charge is -2.31. The van der Waals surface area contributed by atoms with E-state index in [1.54, 1.807) is 11.1 Å². The first-order valence-corrected chi connectivity index (χ1v) is 10.4. The molecule has 1 N–H and O–H groups in total. The molecule has 3 fully saturated rings. The fourth-order valence-corrected chi connectivity index (χ4v) is 5.04. The standard InChI is InChI=1S/C23H21N3O4/c27-17-6-12-26(17)15-3-1-14(2-4-15)22(7-8-22)20(28)19-18-16(5-10-25-19)23(30-21(18)29)9-11-24-13-23/h1-5,10,24H,6-9,11-13H2. The number of rotatable bonds is 4. The Bertz CT molecular complexity index is 1100. The molecule has 2 aromatic rings. The number of anilines is 1. The van der Waals surface area contributed by atoms with E-state index in [1.807, 2.05) is 30.3 Å². The number of hydrogen-bond donors (Lipinski definition) is 1. The minimum Gasteiger partial charge on any atom is -0.449 e. The summed E-state index contributed by atoms with van der Waals surface area (Å²) in [6, 6.07) is 9.46. The molecule has 1 aromatic heterocycles. The zero-order valence-corrected chi connectivity index (χ0v) is 16.4. The van der Waals surface area contributed by atoms with Crippen molar-refractivity contribution >= 4 is 23.3 Å². The number of hydrogen-bond acceptors (Lipinski definition) is 6. The number of aromatic nitrogens is 1. The molecule has 6 rings (SSSR count). The predicted molar refractivity (Wildman–Crippen MR) is 107 cm³/mol. The van der Waals surface area contributed by atoms with E-state index in [0.717, 1.165) is 42.7 Å². The van der Waals surface area contributed by atoms with E-state index in [2.05, 4.69) is 10.3 Å². The highest BCUT2D eigenvalue weighted by molar-refractivity contribution is 6.12. The van der Waals surface area contributed by atoms with Gasteiger partial charge < -0.3 is 15.0 Å². The van der Waals surface area contributed by atoms with Gasteiger partial charge in [-0.1, -0.05) is 12.1 Å². The Morgan fingerprint density at radius 3 is 2.50 bits per heavy atom. The number of nitrogens with zero attached hydrogens (tertiary/aromatic N) is 2. The number of β-lactam (4-membered cyclic amide) rings is 1. The van der Waals surface area contributed by atoms with E-state index >= 15 is 0 Å². The molecule has 2 saturated heterocycles. The van der Waals surface area contributed by atoms with Crippen LogP contribution in [-0.2, 0) is 20.5 Å². The van der Waals surface area contributed by atoms with Crippen molar-refractivity contribution in [3.8, 4) is 0 Å². The van der Waals surface area contributed by atoms with Gasteiger partial charge in [-0.05, 0) is 43.1 Å². The monoisotopic (exact) mass is 403 g/mol. The lowest BCUT2D eigenvalue weighted by Crippen LogP contribution is -2.43. The number of amides is 1. The number of esters is 1. The maximum Gasteiger partial charge on any atom is 0.341 e. The average Bonchev–Trinajstić information content (AvgIpc) is 3.35. The highest BCUT2D eigenvalue weighted by Crippen LogP contribution is 2.52. The summed E-state index contributed by atoms with van der Waals surface area (Å²) in [5.41, 5.74) is 1.78. The van der Waals surface area contributed by atoms with Crippen molar-refractivity contribution < 1.29 is 19.1 Å². The van der Waals surface area contributed by atoms with Gasteiger partial charge in [0.15, 0.2) is 11.4 Å². The first-order chi connectivity index (χ1) is 14.5. The third-order valence-electron chi connectivity index (χ3n) is 7.03. The van der Waals surface area contributed by atoms with Crippen molar-refractivity contribution in [2.45, 2.75) is 36.7 Å². The van der Waals surface area contributed by atoms with Crippen LogP contribution >= 0.6 is 0 Å². The van der Waals surface area contributed by atoms with Crippen LogP contribution in [0.4, 0.5) is 5.69 Å². The van der Waals surface area contributed by atoms with E-state index in [-0.39, 0.29) is 17.4 Å². The maximum absolute atomic E-state index is 13.6. The van der Waals surface area contributed by atoms with Gasteiger partial charge in [0, 0.05) is 43.4 Å². The second-order valence-corrected chi connectivity index (χ2v) is 8.65. The van der Waals surface area contributed by atoms with Crippen LogP contribution in [0, 0.1) is 0 Å². The minimum absolute atomic E-state index is 0.118. The summed E-state index contributed by atoms with van der Waals surface area (Å²) in [6.45, 7) is 2.07. The molecule has 1 atom stereocenters. The van der Waals surface area contributed by atoms with E-state index in [1.165, 1.54) is 0 Å². The number of carbonyl (C=O) groups excluding carboxylic acids is 3. The fourth-order valence-electron chi connectivity index (χ4n) is 5.04. The van der Waals surface area contributed by atoms with E-state index < -0.39 is 17.0 Å². The molecule has 7 nitrogen and oxygen atoms in total. The molecule has 3 aliphatic heterocycles. The molecule has 30 heavy (non-hydrogen) atoms. The Morgan fingerprint density at radius 2 is 1.90 bits per heavy atom. The number of nitrogens with one attached hydrogen (secondary N) is 1. The molecule has 0 bridgehead atoms. The van der Waals surface area contributed by atoms with Crippen molar-refractivity contribution in [3.63, 3.8) is 0 Å². The first kappa shape index (κ1) is 17.8. The van der Waals surface area contributed by atoms with Gasteiger partial charge in [0.1, 0.15) is 5.69 Å². The van der Waals surface area contributed by atoms with Gasteiger partial charge in [0.25, 0.3) is 0 Å². The third-order valence-corrected chi connectivity index (χ3v) is 7.03. The number of ketones is 1. The van der Waals surface area contributed by atoms with Gasteiger partial charge in [0.2, 0.25) is 5.91 Å². The molecule has 4 heterocycles. The molecule has 152 valence electrons. The van der Waals surface area contributed by atoms with Crippen molar-refractivity contribution in [3.05, 3.63) is 58.9 Å². The summed E-state index contributed by atoms with van der Waals surface area (Å²) in [4.78, 5) is 44.1. The van der Waals surface area contributed by atoms with Crippen LogP contribution in [-0.4, -0.2) is 42.3 Å². The van der Waals surface area contributed by atoms with Gasteiger partial charge in [-0.3, -0.25) is 14.6 Å². The number of carbonyl (C=O) groups is 3. The summed E-state index contributed by atoms with van der Waals surface area (Å²) in [7, 11) is 0. The van der Waals surface area contributed by atoms with Gasteiger partial charge in [-0.25, -0.2) is 4.79 Å². The second-order valence-electron chi connectivity index (χ2n) is 8.65. The second kappa shape index (κ2) is 5.98. The Hall–Kier alpha value is -3.06. The summed E-state index contributed by atoms with van der Waals surface area (Å²) in [5, 5.41) is 3.25. The molecule has 4 aliphatic rings. The van der Waals surface area contributed by atoms with Crippen LogP contribution < -0.4 is 10.2 Å². The molecule has 1 saturated carbocycles. The van der Waals surface area contributed by atoms with Crippen molar-refractivity contribution in [1.82, 2.24) is 10.3 Å². The van der Waals surface area contributed by atoms with E-state index in [0.29, 0.717) is 24.9 Å². The third kappa shape index (κ3) is 2.29. The van der Waals surface area contributed by atoms with Gasteiger partial charge in [0.05, 0.1) is 11.0 Å². The lowest BCUT2D eigenvalue weighted by molar-refractivity contribution is -0.122. The number of fused-ring (bicyclic) bond motifs is 2. The van der Waals surface area contributed by atoms with Crippen molar-refractivity contribution in [2.75, 3.05) is 24.5 Å². The topological polar surface area (TPSA) is 88.6 Å². The molecule has 1 unspecified atom stereocenters. The number of benzene rings is 1. The zero-order chi connectivity index (χ0) is 20.5. The molecular weight excluding hydrogens is 382 g/mol. The molecule has 0 radical (unpaired) electrons. The smallest absolute Gasteiger partial charge is 0.341 e. The van der Waals surface area contributed by atoms with Crippen LogP contribution in [0.2, 0.25) is 0 Å². The van der Waals surface area contributed by atoms with Crippen molar-refractivity contribution in [2.24, 2.45) is 0 Å². The highest BCUT2D eigenvalue weighted by Gasteiger charge is 2.55. The summed E-state index contributed by atoms with van der Waals surface area (Å²) >= 11 is 0. The fraction of sp³-hybridized carbons (Fsp3) is 0.391. The minimum atomic E-state index is -0.674. The summed E-state index contributed by atoms with van der Waals surface area (Å²) in [6.07, 6.45) is 4.35. The molecule has 1 aliphatic carbocycles. The van der Waals surface area contributed by atoms with Crippen LogP contribution in [0.15, 0.2) is 36.5 Å². The van der Waals surface area contributed by atoms with Crippen LogP contribution in [0.3, 0.4) is 0 Å². The number of pyridine rings is 1. The quantitative estimate of drug-likeness (QED) is 0.478. The Kier molecular flexibility index (Phi) is 3.54. The average molecular weight is 403 g/mol. The zero-order valence-electron chi connectivity index (χ0n) is 16.4. The van der Waals surface area contributed by atoms with Crippen LogP contribution in [0.1, 0.15) is 57.7 Å². The summed E-state index contributed by atoms with van der Waals surface area (Å²) < 4.78 is 5.75. The number of Topliss-reactive ketones (excluding diaryl/α,β-unsaturated/α-hetero) is 1. The summed E-state index contributed by atoms with van der Waals surface area (Å²) in [5.74, 6) is -0.447. The van der Waals surface area contributed by atoms with Gasteiger partial charge in [-0.2, -0.15) is 0 Å². The Labute approximate surface area is 173 Å². The van der Waals surface area contributed by atoms with E-state index in [4.69, 9.17) is 4.74 Å². The number of ether oxygens (including phenoxy) is 1. The molecule has 1 aromatic carbocycles. The van der Waals surface area contributed by atoms with Crippen LogP contribution in [0.5, 0.6) is 0 Å². The van der Waals surface area contributed by atoms with Gasteiger partial charge >= 0.3 is 5.97 Å².